The van der Waals surface area contributed by atoms with Crippen LogP contribution in [-0.2, 0) is 9.53 Å². The van der Waals surface area contributed by atoms with Gasteiger partial charge in [0.25, 0.3) is 0 Å². The molecule has 5 heteroatoms. The summed E-state index contributed by atoms with van der Waals surface area (Å²) in [5.41, 5.74) is 0. The average Bonchev–Trinajstić information content (AvgIpc) is 2.16. The highest BCUT2D eigenvalue weighted by Gasteiger charge is 2.14. The predicted octanol–water partition coefficient (Wildman–Crippen LogP) is 0.0862. The summed E-state index contributed by atoms with van der Waals surface area (Å²) in [6.45, 7) is 7.12. The zero-order chi connectivity index (χ0) is 13.4. The van der Waals surface area contributed by atoms with Gasteiger partial charge < -0.3 is 15.2 Å². The molecule has 17 heavy (non-hydrogen) atoms. The van der Waals surface area contributed by atoms with Crippen molar-refractivity contribution in [3.05, 3.63) is 0 Å². The molecule has 0 aromatic heterocycles. The van der Waals surface area contributed by atoms with E-state index in [1.54, 1.807) is 19.1 Å². The predicted molar refractivity (Wildman–Crippen MR) is 67.8 cm³/mol. The molecule has 102 valence electrons. The second-order valence-corrected chi connectivity index (χ2v) is 4.91. The van der Waals surface area contributed by atoms with Crippen molar-refractivity contribution in [2.75, 3.05) is 33.9 Å². The first-order chi connectivity index (χ1) is 7.86. The number of likely N-dealkylation sites (N-methyl/N-ethyl adjacent to an activating group) is 1. The molecule has 0 aromatic rings. The number of aliphatic hydroxyl groups excluding tert-OH is 1. The van der Waals surface area contributed by atoms with Gasteiger partial charge in [0.2, 0.25) is 5.91 Å². The first-order valence-electron chi connectivity index (χ1n) is 6.01. The Balaban J connectivity index is 3.87. The number of nitrogens with one attached hydrogen (secondary N) is 1. The van der Waals surface area contributed by atoms with Crippen molar-refractivity contribution in [2.24, 2.45) is 5.92 Å². The molecule has 2 N–H and O–H groups in total. The van der Waals surface area contributed by atoms with E-state index in [9.17, 15) is 9.90 Å². The second-order valence-electron chi connectivity index (χ2n) is 4.91. The minimum Gasteiger partial charge on any atom is -0.389 e. The summed E-state index contributed by atoms with van der Waals surface area (Å²) >= 11 is 0. The molecule has 2 atom stereocenters. The molecule has 2 unspecified atom stereocenters. The second kappa shape index (κ2) is 8.44. The highest BCUT2D eigenvalue weighted by atomic mass is 16.5. The molecule has 1 amide bonds. The number of ether oxygens (including phenoxy) is 1. The summed E-state index contributed by atoms with van der Waals surface area (Å²) in [6, 6.07) is 0.166. The van der Waals surface area contributed by atoms with Crippen LogP contribution in [0.5, 0.6) is 0 Å². The smallest absolute Gasteiger partial charge is 0.234 e. The fourth-order valence-corrected chi connectivity index (χ4v) is 1.38. The number of hydrogen-bond acceptors (Lipinski definition) is 4. The van der Waals surface area contributed by atoms with E-state index in [0.717, 1.165) is 0 Å². The normalized spacial score (nSPS) is 15.1. The summed E-state index contributed by atoms with van der Waals surface area (Å²) in [6.07, 6.45) is -0.555. The van der Waals surface area contributed by atoms with Crippen molar-refractivity contribution in [1.29, 1.82) is 0 Å². The molecule has 0 bridgehead atoms. The zero-order valence-electron chi connectivity index (χ0n) is 11.6. The Bertz CT molecular complexity index is 222. The monoisotopic (exact) mass is 246 g/mol. The van der Waals surface area contributed by atoms with E-state index in [4.69, 9.17) is 4.74 Å². The van der Waals surface area contributed by atoms with Crippen molar-refractivity contribution in [2.45, 2.75) is 32.9 Å². The van der Waals surface area contributed by atoms with Crippen LogP contribution in [0.2, 0.25) is 0 Å². The molecule has 0 saturated heterocycles. The van der Waals surface area contributed by atoms with E-state index >= 15 is 0 Å². The van der Waals surface area contributed by atoms with E-state index in [1.807, 2.05) is 6.92 Å². The molecule has 5 nitrogen and oxygen atoms in total. The van der Waals surface area contributed by atoms with Gasteiger partial charge in [-0.15, -0.1) is 0 Å². The number of carbonyl (C=O) groups is 1. The first kappa shape index (κ1) is 16.4. The molecule has 0 heterocycles. The summed E-state index contributed by atoms with van der Waals surface area (Å²) in [5.74, 6) is 0.404. The van der Waals surface area contributed by atoms with E-state index in [-0.39, 0.29) is 25.1 Å². The van der Waals surface area contributed by atoms with Gasteiger partial charge in [0, 0.05) is 19.7 Å². The van der Waals surface area contributed by atoms with Crippen molar-refractivity contribution in [1.82, 2.24) is 10.2 Å². The lowest BCUT2D eigenvalue weighted by molar-refractivity contribution is -0.123. The number of carbonyl (C=O) groups excluding carboxylic acids is 1. The molecule has 0 radical (unpaired) electrons. The largest absolute Gasteiger partial charge is 0.389 e. The van der Waals surface area contributed by atoms with Crippen LogP contribution in [0.3, 0.4) is 0 Å². The van der Waals surface area contributed by atoms with Gasteiger partial charge in [-0.05, 0) is 19.9 Å². The minimum atomic E-state index is -0.555. The molecule has 0 fully saturated rings. The van der Waals surface area contributed by atoms with Gasteiger partial charge in [-0.1, -0.05) is 13.8 Å². The molecule has 0 aliphatic heterocycles. The lowest BCUT2D eigenvalue weighted by Gasteiger charge is -2.22. The Morgan fingerprint density at radius 1 is 1.41 bits per heavy atom. The quantitative estimate of drug-likeness (QED) is 0.637. The number of methoxy groups -OCH3 is 1. The lowest BCUT2D eigenvalue weighted by atomic mass is 10.1. The van der Waals surface area contributed by atoms with E-state index in [0.29, 0.717) is 12.5 Å². The molecule has 0 aliphatic carbocycles. The van der Waals surface area contributed by atoms with Gasteiger partial charge in [0.1, 0.15) is 0 Å². The van der Waals surface area contributed by atoms with Crippen LogP contribution in [0.25, 0.3) is 0 Å². The van der Waals surface area contributed by atoms with Crippen LogP contribution in [0.4, 0.5) is 0 Å². The van der Waals surface area contributed by atoms with Crippen LogP contribution in [-0.4, -0.2) is 61.9 Å². The molecular formula is C12H26N2O3. The van der Waals surface area contributed by atoms with Gasteiger partial charge in [-0.2, -0.15) is 0 Å². The minimum absolute atomic E-state index is 0.0154. The number of amides is 1. The molecule has 0 spiro atoms. The Hall–Kier alpha value is -0.650. The average molecular weight is 246 g/mol. The topological polar surface area (TPSA) is 61.8 Å². The molecule has 0 aromatic carbocycles. The molecule has 0 rings (SSSR count). The van der Waals surface area contributed by atoms with Crippen LogP contribution in [0.1, 0.15) is 20.8 Å². The van der Waals surface area contributed by atoms with Gasteiger partial charge in [0.15, 0.2) is 0 Å². The fraction of sp³-hybridized carbons (Fsp3) is 0.917. The third-order valence-corrected chi connectivity index (χ3v) is 2.68. The zero-order valence-corrected chi connectivity index (χ0v) is 11.6. The Kier molecular flexibility index (Phi) is 8.12. The van der Waals surface area contributed by atoms with Crippen LogP contribution in [0.15, 0.2) is 0 Å². The van der Waals surface area contributed by atoms with E-state index in [2.05, 4.69) is 19.2 Å². The molecule has 0 saturated carbocycles. The van der Waals surface area contributed by atoms with E-state index in [1.165, 1.54) is 0 Å². The van der Waals surface area contributed by atoms with Gasteiger partial charge in [-0.3, -0.25) is 9.69 Å². The third-order valence-electron chi connectivity index (χ3n) is 2.68. The maximum Gasteiger partial charge on any atom is 0.234 e. The van der Waals surface area contributed by atoms with Gasteiger partial charge in [-0.25, -0.2) is 0 Å². The maximum atomic E-state index is 11.6. The standard InChI is InChI=1S/C12H26N2O3/c1-9(2)10(3)13-12(16)7-14(4)6-11(15)8-17-5/h9-11,15H,6-8H2,1-5H3,(H,13,16). The Morgan fingerprint density at radius 3 is 2.47 bits per heavy atom. The van der Waals surface area contributed by atoms with E-state index < -0.39 is 6.10 Å². The van der Waals surface area contributed by atoms with Gasteiger partial charge in [0.05, 0.1) is 19.3 Å². The summed E-state index contributed by atoms with van der Waals surface area (Å²) < 4.78 is 4.83. The van der Waals surface area contributed by atoms with Crippen molar-refractivity contribution in [3.8, 4) is 0 Å². The Morgan fingerprint density at radius 2 is 2.00 bits per heavy atom. The SMILES string of the molecule is COCC(O)CN(C)CC(=O)NC(C)C(C)C. The fourth-order valence-electron chi connectivity index (χ4n) is 1.38. The van der Waals surface area contributed by atoms with Gasteiger partial charge >= 0.3 is 0 Å². The number of hydrogen-bond donors (Lipinski definition) is 2. The summed E-state index contributed by atoms with van der Waals surface area (Å²) in [7, 11) is 3.35. The number of nitrogens with zero attached hydrogens (tertiary/aromatic N) is 1. The van der Waals surface area contributed by atoms with Crippen LogP contribution >= 0.6 is 0 Å². The maximum absolute atomic E-state index is 11.6. The third kappa shape index (κ3) is 8.12. The highest BCUT2D eigenvalue weighted by molar-refractivity contribution is 5.78. The molecular weight excluding hydrogens is 220 g/mol. The Labute approximate surface area is 104 Å². The number of rotatable bonds is 8. The molecule has 0 aliphatic rings. The highest BCUT2D eigenvalue weighted by Crippen LogP contribution is 1.99. The number of aliphatic hydroxyl groups is 1. The van der Waals surface area contributed by atoms with Crippen molar-refractivity contribution >= 4 is 5.91 Å². The van der Waals surface area contributed by atoms with Crippen molar-refractivity contribution in [3.63, 3.8) is 0 Å². The summed E-state index contributed by atoms with van der Waals surface area (Å²) in [5, 5.41) is 12.4. The first-order valence-corrected chi connectivity index (χ1v) is 6.01. The van der Waals surface area contributed by atoms with Crippen LogP contribution in [0, 0.1) is 5.92 Å². The summed E-state index contributed by atoms with van der Waals surface area (Å²) in [4.78, 5) is 13.4. The lowest BCUT2D eigenvalue weighted by Crippen LogP contribution is -2.43. The van der Waals surface area contributed by atoms with Crippen LogP contribution < -0.4 is 5.32 Å². The van der Waals surface area contributed by atoms with Crippen molar-refractivity contribution < 1.29 is 14.6 Å².